The smallest absolute Gasteiger partial charge is 0.354 e. The number of carbonyl (C=O) groups is 1. The second-order valence-electron chi connectivity index (χ2n) is 8.44. The van der Waals surface area contributed by atoms with Crippen molar-refractivity contribution in [1.82, 2.24) is 14.8 Å². The van der Waals surface area contributed by atoms with Crippen molar-refractivity contribution in [3.63, 3.8) is 0 Å². The average molecular weight is 426 g/mol. The third kappa shape index (κ3) is 2.97. The first-order chi connectivity index (χ1) is 15.6. The third-order valence-electron chi connectivity index (χ3n) is 6.44. The molecular formula is C25H22N4O3. The predicted octanol–water partition coefficient (Wildman–Crippen LogP) is 4.07. The number of morpholine rings is 1. The monoisotopic (exact) mass is 426 g/mol. The minimum atomic E-state index is -1.06. The summed E-state index contributed by atoms with van der Waals surface area (Å²) in [5.41, 5.74) is 5.13. The number of carboxylic acids is 1. The zero-order valence-corrected chi connectivity index (χ0v) is 17.6. The van der Waals surface area contributed by atoms with Crippen LogP contribution in [0.5, 0.6) is 0 Å². The lowest BCUT2D eigenvalue weighted by molar-refractivity contribution is 0.0691. The van der Waals surface area contributed by atoms with Gasteiger partial charge in [0.2, 0.25) is 0 Å². The molecule has 2 aromatic carbocycles. The fraction of sp³-hybridized carbons (Fsp3) is 0.240. The molecule has 1 N–H and O–H groups in total. The van der Waals surface area contributed by atoms with Gasteiger partial charge in [-0.2, -0.15) is 5.10 Å². The van der Waals surface area contributed by atoms with Crippen LogP contribution < -0.4 is 4.90 Å². The minimum Gasteiger partial charge on any atom is -0.477 e. The lowest BCUT2D eigenvalue weighted by atomic mass is 10.0. The van der Waals surface area contributed by atoms with Gasteiger partial charge in [0.05, 0.1) is 35.5 Å². The van der Waals surface area contributed by atoms with Crippen LogP contribution in [0.4, 0.5) is 5.69 Å². The van der Waals surface area contributed by atoms with Crippen molar-refractivity contribution in [3.8, 4) is 16.8 Å². The number of benzene rings is 2. The standard InChI is InChI=1S/C25H22N4O3/c1-15-23-21(16-7-9-17(10-8-16)28-13-20-11-19(28)14-32-20)12-22(25(30)31)26-24(23)29(27-15)18-5-3-2-4-6-18/h2-10,12,19-20H,11,13-14H2,1H3,(H,30,31)/t19-,20-/m0/s1. The maximum Gasteiger partial charge on any atom is 0.354 e. The molecule has 4 heterocycles. The molecule has 0 unspecified atom stereocenters. The molecule has 32 heavy (non-hydrogen) atoms. The Morgan fingerprint density at radius 2 is 1.88 bits per heavy atom. The SMILES string of the molecule is Cc1nn(-c2ccccc2)c2nc(C(=O)O)cc(-c3ccc(N4C[C@@H]5C[C@H]4CO5)cc3)c12. The first-order valence-electron chi connectivity index (χ1n) is 10.8. The van der Waals surface area contributed by atoms with Gasteiger partial charge in [-0.15, -0.1) is 0 Å². The number of nitrogens with zero attached hydrogens (tertiary/aromatic N) is 4. The largest absolute Gasteiger partial charge is 0.477 e. The highest BCUT2D eigenvalue weighted by molar-refractivity contribution is 6.00. The van der Waals surface area contributed by atoms with Crippen LogP contribution in [0.2, 0.25) is 0 Å². The van der Waals surface area contributed by atoms with Gasteiger partial charge in [0.15, 0.2) is 11.3 Å². The van der Waals surface area contributed by atoms with Crippen molar-refractivity contribution >= 4 is 22.7 Å². The van der Waals surface area contributed by atoms with Crippen molar-refractivity contribution in [3.05, 3.63) is 72.1 Å². The molecule has 2 aromatic heterocycles. The predicted molar refractivity (Wildman–Crippen MR) is 121 cm³/mol. The summed E-state index contributed by atoms with van der Waals surface area (Å²) in [6, 6.07) is 20.1. The Labute approximate surface area is 184 Å². The first kappa shape index (κ1) is 19.0. The van der Waals surface area contributed by atoms with Gasteiger partial charge in [0.25, 0.3) is 0 Å². The molecule has 2 saturated heterocycles. The number of para-hydroxylation sites is 1. The van der Waals surface area contributed by atoms with Gasteiger partial charge in [-0.3, -0.25) is 0 Å². The van der Waals surface area contributed by atoms with Gasteiger partial charge >= 0.3 is 5.97 Å². The van der Waals surface area contributed by atoms with E-state index in [0.29, 0.717) is 17.8 Å². The van der Waals surface area contributed by atoms with E-state index in [0.717, 1.165) is 47.5 Å². The molecule has 2 atom stereocenters. The summed E-state index contributed by atoms with van der Waals surface area (Å²) >= 11 is 0. The number of aryl methyl sites for hydroxylation is 1. The number of hydrogen-bond acceptors (Lipinski definition) is 5. The fourth-order valence-electron chi connectivity index (χ4n) is 4.92. The van der Waals surface area contributed by atoms with Crippen LogP contribution in [-0.2, 0) is 4.74 Å². The van der Waals surface area contributed by atoms with Crippen LogP contribution in [0.3, 0.4) is 0 Å². The molecule has 0 aliphatic carbocycles. The van der Waals surface area contributed by atoms with E-state index in [1.54, 1.807) is 10.7 Å². The number of carboxylic acid groups (broad SMARTS) is 1. The molecule has 0 amide bonds. The fourth-order valence-corrected chi connectivity index (χ4v) is 4.92. The van der Waals surface area contributed by atoms with Gasteiger partial charge in [-0.25, -0.2) is 14.5 Å². The van der Waals surface area contributed by atoms with E-state index < -0.39 is 5.97 Å². The van der Waals surface area contributed by atoms with E-state index in [1.807, 2.05) is 37.3 Å². The van der Waals surface area contributed by atoms with E-state index in [1.165, 1.54) is 5.69 Å². The molecule has 7 nitrogen and oxygen atoms in total. The van der Waals surface area contributed by atoms with Crippen LogP contribution >= 0.6 is 0 Å². The van der Waals surface area contributed by atoms with Crippen molar-refractivity contribution < 1.29 is 14.6 Å². The second-order valence-corrected chi connectivity index (χ2v) is 8.44. The number of ether oxygens (including phenoxy) is 1. The molecule has 0 radical (unpaired) electrons. The number of pyridine rings is 1. The molecule has 0 spiro atoms. The van der Waals surface area contributed by atoms with E-state index in [4.69, 9.17) is 9.84 Å². The number of anilines is 1. The average Bonchev–Trinajstić information content (AvgIpc) is 3.54. The van der Waals surface area contributed by atoms with E-state index in [9.17, 15) is 9.90 Å². The number of rotatable bonds is 4. The number of hydrogen-bond donors (Lipinski definition) is 1. The Bertz CT molecular complexity index is 1330. The Morgan fingerprint density at radius 3 is 2.53 bits per heavy atom. The Kier molecular flexibility index (Phi) is 4.26. The highest BCUT2D eigenvalue weighted by Gasteiger charge is 2.38. The van der Waals surface area contributed by atoms with Gasteiger partial charge in [-0.1, -0.05) is 30.3 Å². The molecule has 6 rings (SSSR count). The molecule has 2 bridgehead atoms. The van der Waals surface area contributed by atoms with E-state index >= 15 is 0 Å². The summed E-state index contributed by atoms with van der Waals surface area (Å²) < 4.78 is 7.44. The van der Waals surface area contributed by atoms with Crippen LogP contribution in [-0.4, -0.2) is 51.1 Å². The maximum absolute atomic E-state index is 11.9. The molecule has 4 aromatic rings. The maximum atomic E-state index is 11.9. The number of aromatic carboxylic acids is 1. The summed E-state index contributed by atoms with van der Waals surface area (Å²) in [4.78, 5) is 18.7. The van der Waals surface area contributed by atoms with Gasteiger partial charge < -0.3 is 14.7 Å². The molecular weight excluding hydrogens is 404 g/mol. The zero-order chi connectivity index (χ0) is 21.8. The lowest BCUT2D eigenvalue weighted by Crippen LogP contribution is -2.36. The highest BCUT2D eigenvalue weighted by Crippen LogP contribution is 2.36. The highest BCUT2D eigenvalue weighted by atomic mass is 16.5. The molecule has 0 saturated carbocycles. The van der Waals surface area contributed by atoms with Crippen LogP contribution in [0, 0.1) is 6.92 Å². The zero-order valence-electron chi connectivity index (χ0n) is 17.6. The lowest BCUT2D eigenvalue weighted by Gasteiger charge is -2.29. The van der Waals surface area contributed by atoms with Gasteiger partial charge in [0.1, 0.15) is 0 Å². The van der Waals surface area contributed by atoms with Gasteiger partial charge in [-0.05, 0) is 54.8 Å². The minimum absolute atomic E-state index is 0.00246. The van der Waals surface area contributed by atoms with Crippen LogP contribution in [0.1, 0.15) is 22.6 Å². The summed E-state index contributed by atoms with van der Waals surface area (Å²) in [7, 11) is 0. The topological polar surface area (TPSA) is 80.5 Å². The molecule has 160 valence electrons. The van der Waals surface area contributed by atoms with Crippen molar-refractivity contribution in [2.75, 3.05) is 18.1 Å². The molecule has 2 aliphatic heterocycles. The number of aromatic nitrogens is 3. The van der Waals surface area contributed by atoms with Crippen LogP contribution in [0.15, 0.2) is 60.7 Å². The van der Waals surface area contributed by atoms with Crippen molar-refractivity contribution in [2.45, 2.75) is 25.5 Å². The molecule has 7 heteroatoms. The van der Waals surface area contributed by atoms with Crippen molar-refractivity contribution in [2.24, 2.45) is 0 Å². The summed E-state index contributed by atoms with van der Waals surface area (Å²) in [6.45, 7) is 3.65. The normalized spacial score (nSPS) is 19.7. The van der Waals surface area contributed by atoms with E-state index in [2.05, 4.69) is 34.1 Å². The summed E-state index contributed by atoms with van der Waals surface area (Å²) in [6.07, 6.45) is 1.43. The quantitative estimate of drug-likeness (QED) is 0.530. The second kappa shape index (κ2) is 7.17. The Balaban J connectivity index is 1.48. The summed E-state index contributed by atoms with van der Waals surface area (Å²) in [5.74, 6) is -1.06. The Hall–Kier alpha value is -3.71. The van der Waals surface area contributed by atoms with Gasteiger partial charge in [0, 0.05) is 12.2 Å². The van der Waals surface area contributed by atoms with Crippen LogP contribution in [0.25, 0.3) is 27.8 Å². The van der Waals surface area contributed by atoms with E-state index in [-0.39, 0.29) is 5.69 Å². The Morgan fingerprint density at radius 1 is 1.09 bits per heavy atom. The number of fused-ring (bicyclic) bond motifs is 3. The summed E-state index contributed by atoms with van der Waals surface area (Å²) in [5, 5.41) is 15.3. The van der Waals surface area contributed by atoms with Crippen molar-refractivity contribution in [1.29, 1.82) is 0 Å². The first-order valence-corrected chi connectivity index (χ1v) is 10.8. The third-order valence-corrected chi connectivity index (χ3v) is 6.44. The molecule has 2 aliphatic rings. The molecule has 2 fully saturated rings.